The standard InChI is InChI=1S/C11H12N4O5/c1-7(2)6-12-13-11(16)8-3-9(14(17)18)5-10(4-8)15(19)20/h3-7H,1-2H3,(H,13,16). The molecule has 0 aromatic heterocycles. The van der Waals surface area contributed by atoms with Gasteiger partial charge in [0.2, 0.25) is 0 Å². The van der Waals surface area contributed by atoms with Crippen molar-refractivity contribution in [3.63, 3.8) is 0 Å². The summed E-state index contributed by atoms with van der Waals surface area (Å²) in [7, 11) is 0. The van der Waals surface area contributed by atoms with E-state index in [2.05, 4.69) is 10.5 Å². The molecule has 106 valence electrons. The van der Waals surface area contributed by atoms with Gasteiger partial charge in [0.1, 0.15) is 0 Å². The van der Waals surface area contributed by atoms with E-state index in [4.69, 9.17) is 0 Å². The maximum Gasteiger partial charge on any atom is 0.277 e. The second-order valence-electron chi connectivity index (χ2n) is 4.22. The summed E-state index contributed by atoms with van der Waals surface area (Å²) in [6.07, 6.45) is 1.46. The Bertz CT molecular complexity index is 550. The highest BCUT2D eigenvalue weighted by molar-refractivity contribution is 5.95. The molecule has 0 saturated heterocycles. The summed E-state index contributed by atoms with van der Waals surface area (Å²) in [5.41, 5.74) is 0.885. The van der Waals surface area contributed by atoms with Crippen LogP contribution in [0.1, 0.15) is 24.2 Å². The maximum absolute atomic E-state index is 11.7. The highest BCUT2D eigenvalue weighted by atomic mass is 16.6. The van der Waals surface area contributed by atoms with Gasteiger partial charge in [0.25, 0.3) is 17.3 Å². The Labute approximate surface area is 113 Å². The quantitative estimate of drug-likeness (QED) is 0.500. The van der Waals surface area contributed by atoms with E-state index in [9.17, 15) is 25.0 Å². The Hall–Kier alpha value is -2.84. The fourth-order valence-electron chi connectivity index (χ4n) is 1.25. The molecule has 0 aliphatic heterocycles. The van der Waals surface area contributed by atoms with Gasteiger partial charge >= 0.3 is 0 Å². The Morgan fingerprint density at radius 2 is 1.70 bits per heavy atom. The lowest BCUT2D eigenvalue weighted by Crippen LogP contribution is -2.18. The van der Waals surface area contributed by atoms with E-state index < -0.39 is 27.1 Å². The van der Waals surface area contributed by atoms with Crippen molar-refractivity contribution in [1.82, 2.24) is 5.43 Å². The molecule has 0 atom stereocenters. The molecule has 0 unspecified atom stereocenters. The minimum Gasteiger partial charge on any atom is -0.267 e. The number of nitrogens with one attached hydrogen (secondary N) is 1. The second-order valence-corrected chi connectivity index (χ2v) is 4.22. The maximum atomic E-state index is 11.7. The van der Waals surface area contributed by atoms with Gasteiger partial charge < -0.3 is 0 Å². The summed E-state index contributed by atoms with van der Waals surface area (Å²) < 4.78 is 0. The van der Waals surface area contributed by atoms with Crippen molar-refractivity contribution in [2.75, 3.05) is 0 Å². The molecule has 1 aromatic rings. The van der Waals surface area contributed by atoms with Crippen LogP contribution in [0.5, 0.6) is 0 Å². The van der Waals surface area contributed by atoms with Crippen molar-refractivity contribution in [3.8, 4) is 0 Å². The minimum atomic E-state index is -0.804. The summed E-state index contributed by atoms with van der Waals surface area (Å²) in [5, 5.41) is 25.0. The minimum absolute atomic E-state index is 0.106. The molecule has 1 aromatic carbocycles. The molecule has 0 heterocycles. The first-order valence-electron chi connectivity index (χ1n) is 5.58. The average molecular weight is 280 g/mol. The second kappa shape index (κ2) is 6.36. The number of amides is 1. The van der Waals surface area contributed by atoms with E-state index in [0.29, 0.717) is 0 Å². The number of hydrogen-bond donors (Lipinski definition) is 1. The smallest absolute Gasteiger partial charge is 0.267 e. The van der Waals surface area contributed by atoms with Crippen LogP contribution in [0.3, 0.4) is 0 Å². The number of benzene rings is 1. The first kappa shape index (κ1) is 15.2. The van der Waals surface area contributed by atoms with Crippen LogP contribution in [0.2, 0.25) is 0 Å². The Kier molecular flexibility index (Phi) is 4.84. The zero-order valence-electron chi connectivity index (χ0n) is 10.8. The van der Waals surface area contributed by atoms with Crippen LogP contribution in [0.15, 0.2) is 23.3 Å². The van der Waals surface area contributed by atoms with Crippen molar-refractivity contribution in [3.05, 3.63) is 44.0 Å². The molecular weight excluding hydrogens is 268 g/mol. The van der Waals surface area contributed by atoms with E-state index >= 15 is 0 Å². The number of nitro groups is 2. The number of carbonyl (C=O) groups is 1. The Morgan fingerprint density at radius 1 is 1.20 bits per heavy atom. The van der Waals surface area contributed by atoms with Gasteiger partial charge in [-0.05, 0) is 5.92 Å². The molecule has 1 amide bonds. The van der Waals surface area contributed by atoms with Gasteiger partial charge in [0, 0.05) is 18.3 Å². The largest absolute Gasteiger partial charge is 0.277 e. The van der Waals surface area contributed by atoms with Gasteiger partial charge in [-0.25, -0.2) is 5.43 Å². The molecule has 0 saturated carbocycles. The zero-order valence-corrected chi connectivity index (χ0v) is 10.8. The fraction of sp³-hybridized carbons (Fsp3) is 0.273. The number of non-ortho nitro benzene ring substituents is 2. The lowest BCUT2D eigenvalue weighted by Gasteiger charge is -2.01. The van der Waals surface area contributed by atoms with Crippen LogP contribution in [0, 0.1) is 26.1 Å². The van der Waals surface area contributed by atoms with Gasteiger partial charge in [-0.2, -0.15) is 5.10 Å². The summed E-state index contributed by atoms with van der Waals surface area (Å²) in [5.74, 6) is -0.650. The van der Waals surface area contributed by atoms with Crippen molar-refractivity contribution < 1.29 is 14.6 Å². The lowest BCUT2D eigenvalue weighted by molar-refractivity contribution is -0.394. The third-order valence-corrected chi connectivity index (χ3v) is 2.13. The highest BCUT2D eigenvalue weighted by Crippen LogP contribution is 2.22. The van der Waals surface area contributed by atoms with Crippen molar-refractivity contribution >= 4 is 23.5 Å². The van der Waals surface area contributed by atoms with Gasteiger partial charge in [0.15, 0.2) is 0 Å². The molecule has 0 radical (unpaired) electrons. The number of nitrogens with zero attached hydrogens (tertiary/aromatic N) is 3. The van der Waals surface area contributed by atoms with Gasteiger partial charge in [-0.1, -0.05) is 13.8 Å². The zero-order chi connectivity index (χ0) is 15.3. The van der Waals surface area contributed by atoms with E-state index in [1.807, 2.05) is 13.8 Å². The van der Waals surface area contributed by atoms with Gasteiger partial charge in [-0.3, -0.25) is 25.0 Å². The third kappa shape index (κ3) is 4.12. The van der Waals surface area contributed by atoms with Crippen molar-refractivity contribution in [1.29, 1.82) is 0 Å². The number of carbonyl (C=O) groups excluding carboxylic acids is 1. The summed E-state index contributed by atoms with van der Waals surface area (Å²) in [6.45, 7) is 3.68. The van der Waals surface area contributed by atoms with E-state index in [-0.39, 0.29) is 11.5 Å². The van der Waals surface area contributed by atoms with E-state index in [0.717, 1.165) is 18.2 Å². The summed E-state index contributed by atoms with van der Waals surface area (Å²) in [6, 6.07) is 2.69. The molecule has 0 aliphatic rings. The highest BCUT2D eigenvalue weighted by Gasteiger charge is 2.19. The topological polar surface area (TPSA) is 128 Å². The molecule has 0 aliphatic carbocycles. The fourth-order valence-corrected chi connectivity index (χ4v) is 1.25. The summed E-state index contributed by atoms with van der Waals surface area (Å²) in [4.78, 5) is 31.4. The number of nitro benzene ring substituents is 2. The SMILES string of the molecule is CC(C)C=NNC(=O)c1cc([N+](=O)[O-])cc([N+](=O)[O-])c1. The first-order valence-corrected chi connectivity index (χ1v) is 5.58. The molecule has 1 rings (SSSR count). The van der Waals surface area contributed by atoms with Crippen LogP contribution in [0.4, 0.5) is 11.4 Å². The van der Waals surface area contributed by atoms with Crippen molar-refractivity contribution in [2.24, 2.45) is 11.0 Å². The van der Waals surface area contributed by atoms with Crippen LogP contribution in [-0.4, -0.2) is 22.0 Å². The Balaban J connectivity index is 3.07. The number of hydrogen-bond acceptors (Lipinski definition) is 6. The van der Waals surface area contributed by atoms with Crippen molar-refractivity contribution in [2.45, 2.75) is 13.8 Å². The normalized spacial score (nSPS) is 10.8. The number of hydrazone groups is 1. The average Bonchev–Trinajstić information content (AvgIpc) is 2.37. The molecule has 9 heteroatoms. The van der Waals surface area contributed by atoms with Crippen LogP contribution >= 0.6 is 0 Å². The van der Waals surface area contributed by atoms with Gasteiger partial charge in [-0.15, -0.1) is 0 Å². The predicted molar refractivity (Wildman–Crippen MR) is 70.5 cm³/mol. The first-order chi connectivity index (χ1) is 9.31. The Morgan fingerprint density at radius 3 is 2.10 bits per heavy atom. The summed E-state index contributed by atoms with van der Waals surface area (Å²) >= 11 is 0. The molecule has 20 heavy (non-hydrogen) atoms. The van der Waals surface area contributed by atoms with E-state index in [1.54, 1.807) is 0 Å². The number of rotatable bonds is 5. The molecular formula is C11H12N4O5. The monoisotopic (exact) mass is 280 g/mol. The lowest BCUT2D eigenvalue weighted by atomic mass is 10.1. The molecule has 0 bridgehead atoms. The third-order valence-electron chi connectivity index (χ3n) is 2.13. The predicted octanol–water partition coefficient (Wildman–Crippen LogP) is 1.87. The molecule has 1 N–H and O–H groups in total. The van der Waals surface area contributed by atoms with Crippen LogP contribution < -0.4 is 5.43 Å². The van der Waals surface area contributed by atoms with Crippen LogP contribution in [-0.2, 0) is 0 Å². The molecule has 0 spiro atoms. The molecule has 9 nitrogen and oxygen atoms in total. The molecule has 0 fully saturated rings. The van der Waals surface area contributed by atoms with E-state index in [1.165, 1.54) is 6.21 Å². The van der Waals surface area contributed by atoms with Gasteiger partial charge in [0.05, 0.1) is 21.5 Å². The van der Waals surface area contributed by atoms with Crippen LogP contribution in [0.25, 0.3) is 0 Å².